The first kappa shape index (κ1) is 15.8. The molecule has 1 atom stereocenters. The third-order valence-electron chi connectivity index (χ3n) is 4.82. The number of aromatic nitrogens is 1. The van der Waals surface area contributed by atoms with Gasteiger partial charge in [-0.2, -0.15) is 0 Å². The molecule has 1 fully saturated rings. The van der Waals surface area contributed by atoms with Gasteiger partial charge in [0.05, 0.1) is 11.9 Å². The van der Waals surface area contributed by atoms with Crippen molar-refractivity contribution in [3.63, 3.8) is 0 Å². The first-order valence-electron chi connectivity index (χ1n) is 7.28. The van der Waals surface area contributed by atoms with Gasteiger partial charge < -0.3 is 9.70 Å². The van der Waals surface area contributed by atoms with Crippen LogP contribution >= 0.6 is 11.6 Å². The Labute approximate surface area is 128 Å². The predicted octanol–water partition coefficient (Wildman–Crippen LogP) is 3.93. The largest absolute Gasteiger partial charge is 0.432 e. The van der Waals surface area contributed by atoms with Crippen molar-refractivity contribution in [3.05, 3.63) is 23.5 Å². The molecule has 1 aromatic heterocycles. The lowest BCUT2D eigenvalue weighted by Crippen LogP contribution is -2.40. The Morgan fingerprint density at radius 3 is 2.70 bits per heavy atom. The van der Waals surface area contributed by atoms with Crippen molar-refractivity contribution < 1.29 is 4.80 Å². The van der Waals surface area contributed by atoms with Crippen molar-refractivity contribution in [2.75, 3.05) is 18.0 Å². The molecule has 0 saturated carbocycles. The monoisotopic (exact) mass is 312 g/mol. The van der Waals surface area contributed by atoms with Crippen molar-refractivity contribution in [2.24, 2.45) is 5.92 Å². The van der Waals surface area contributed by atoms with Crippen LogP contribution in [0.5, 0.6) is 0 Å². The molecule has 0 aliphatic carbocycles. The summed E-state index contributed by atoms with van der Waals surface area (Å²) in [6.07, 6.45) is 4.14. The molecule has 0 unspecified atom stereocenters. The van der Waals surface area contributed by atoms with Gasteiger partial charge in [0.25, 0.3) is 0 Å². The second-order valence-corrected chi connectivity index (χ2v) is 11.9. The van der Waals surface area contributed by atoms with Crippen LogP contribution in [0.4, 0.5) is 5.69 Å². The van der Waals surface area contributed by atoms with E-state index in [0.29, 0.717) is 11.1 Å². The van der Waals surface area contributed by atoms with Crippen LogP contribution in [-0.4, -0.2) is 31.2 Å². The third-order valence-corrected chi connectivity index (χ3v) is 8.56. The van der Waals surface area contributed by atoms with E-state index in [1.54, 1.807) is 0 Å². The van der Waals surface area contributed by atoms with Crippen molar-refractivity contribution >= 4 is 25.6 Å². The molecule has 1 saturated heterocycles. The molecular weight excluding hydrogens is 288 g/mol. The smallest absolute Gasteiger partial charge is 0.188 e. The minimum absolute atomic E-state index is 0.0614. The van der Waals surface area contributed by atoms with E-state index in [1.807, 2.05) is 31.4 Å². The lowest BCUT2D eigenvalue weighted by atomic mass is 9.95. The molecule has 2 heterocycles. The second-order valence-electron chi connectivity index (χ2n) is 7.09. The van der Waals surface area contributed by atoms with Gasteiger partial charge >= 0.3 is 0 Å². The SMILES string of the molecule is CC(C)(C[C@H]1CCN(c2ccc(Cl)nc2)C1)[Si](C)(C)O. The lowest BCUT2D eigenvalue weighted by molar-refractivity contribution is 0.392. The van der Waals surface area contributed by atoms with Crippen LogP contribution in [0.1, 0.15) is 26.7 Å². The molecule has 0 radical (unpaired) electrons. The first-order valence-corrected chi connectivity index (χ1v) is 10.6. The Kier molecular flexibility index (Phi) is 4.47. The maximum absolute atomic E-state index is 10.4. The highest BCUT2D eigenvalue weighted by Crippen LogP contribution is 2.43. The molecule has 1 aromatic rings. The Morgan fingerprint density at radius 1 is 1.45 bits per heavy atom. The van der Waals surface area contributed by atoms with E-state index in [9.17, 15) is 4.80 Å². The minimum atomic E-state index is -2.11. The van der Waals surface area contributed by atoms with Gasteiger partial charge in [0, 0.05) is 13.1 Å². The van der Waals surface area contributed by atoms with E-state index in [1.165, 1.54) is 6.42 Å². The summed E-state index contributed by atoms with van der Waals surface area (Å²) in [6.45, 7) is 10.6. The zero-order valence-corrected chi connectivity index (χ0v) is 14.6. The fourth-order valence-corrected chi connectivity index (χ4v) is 3.66. The normalized spacial score (nSPS) is 20.5. The zero-order valence-electron chi connectivity index (χ0n) is 12.9. The van der Waals surface area contributed by atoms with Gasteiger partial charge in [-0.15, -0.1) is 0 Å². The van der Waals surface area contributed by atoms with E-state index >= 15 is 0 Å². The molecule has 1 N–H and O–H groups in total. The van der Waals surface area contributed by atoms with E-state index in [2.05, 4.69) is 23.7 Å². The zero-order chi connectivity index (χ0) is 15.0. The number of pyridine rings is 1. The van der Waals surface area contributed by atoms with Gasteiger partial charge in [-0.1, -0.05) is 25.4 Å². The number of halogens is 1. The van der Waals surface area contributed by atoms with Gasteiger partial charge in [-0.3, -0.25) is 0 Å². The van der Waals surface area contributed by atoms with Crippen LogP contribution in [0.2, 0.25) is 23.3 Å². The van der Waals surface area contributed by atoms with Crippen molar-refractivity contribution in [3.8, 4) is 0 Å². The van der Waals surface area contributed by atoms with Gasteiger partial charge in [0.15, 0.2) is 8.32 Å². The Bertz CT molecular complexity index is 456. The van der Waals surface area contributed by atoms with Gasteiger partial charge in [-0.25, -0.2) is 4.98 Å². The number of anilines is 1. The third kappa shape index (κ3) is 3.54. The summed E-state index contributed by atoms with van der Waals surface area (Å²) in [5, 5.41) is 0.602. The molecule has 0 aromatic carbocycles. The lowest BCUT2D eigenvalue weighted by Gasteiger charge is -2.37. The van der Waals surface area contributed by atoms with Crippen LogP contribution in [0.25, 0.3) is 0 Å². The molecule has 112 valence electrons. The molecule has 5 heteroatoms. The fourth-order valence-electron chi connectivity index (χ4n) is 2.76. The standard InChI is InChI=1S/C15H25ClN2OSi/c1-15(2,20(3,4)19)9-12-7-8-18(11-12)13-5-6-14(16)17-10-13/h5-6,10,12,19H,7-9,11H2,1-4H3/t12-/m1/s1. The van der Waals surface area contributed by atoms with E-state index < -0.39 is 8.32 Å². The molecule has 1 aliphatic heterocycles. The highest BCUT2D eigenvalue weighted by Gasteiger charge is 2.40. The molecule has 1 aliphatic rings. The Hall–Kier alpha value is -0.583. The molecule has 20 heavy (non-hydrogen) atoms. The summed E-state index contributed by atoms with van der Waals surface area (Å²) >= 11 is 5.83. The number of hydrogen-bond acceptors (Lipinski definition) is 3. The van der Waals surface area contributed by atoms with Gasteiger partial charge in [0.2, 0.25) is 0 Å². The van der Waals surface area contributed by atoms with E-state index in [0.717, 1.165) is 25.2 Å². The molecule has 0 spiro atoms. The summed E-state index contributed by atoms with van der Waals surface area (Å²) in [6, 6.07) is 3.88. The average Bonchev–Trinajstić information content (AvgIpc) is 2.76. The number of nitrogens with zero attached hydrogens (tertiary/aromatic N) is 2. The molecular formula is C15H25ClN2OSi. The highest BCUT2D eigenvalue weighted by atomic mass is 35.5. The quantitative estimate of drug-likeness (QED) is 0.676. The first-order chi connectivity index (χ1) is 9.19. The Morgan fingerprint density at radius 2 is 2.15 bits per heavy atom. The van der Waals surface area contributed by atoms with Gasteiger partial charge in [-0.05, 0) is 49.0 Å². The van der Waals surface area contributed by atoms with Crippen LogP contribution in [0.15, 0.2) is 18.3 Å². The van der Waals surface area contributed by atoms with E-state index in [-0.39, 0.29) is 5.04 Å². The topological polar surface area (TPSA) is 36.4 Å². The van der Waals surface area contributed by atoms with Crippen LogP contribution < -0.4 is 4.90 Å². The fraction of sp³-hybridized carbons (Fsp3) is 0.667. The van der Waals surface area contributed by atoms with Gasteiger partial charge in [0.1, 0.15) is 5.15 Å². The molecule has 3 nitrogen and oxygen atoms in total. The summed E-state index contributed by atoms with van der Waals surface area (Å²) < 4.78 is 0. The molecule has 0 amide bonds. The van der Waals surface area contributed by atoms with Crippen molar-refractivity contribution in [2.45, 2.75) is 44.8 Å². The maximum atomic E-state index is 10.4. The highest BCUT2D eigenvalue weighted by molar-refractivity contribution is 6.72. The second kappa shape index (κ2) is 5.66. The van der Waals surface area contributed by atoms with Crippen LogP contribution in [-0.2, 0) is 0 Å². The Balaban J connectivity index is 1.98. The van der Waals surface area contributed by atoms with Crippen molar-refractivity contribution in [1.82, 2.24) is 4.98 Å². The molecule has 0 bridgehead atoms. The molecule has 2 rings (SSSR count). The maximum Gasteiger partial charge on any atom is 0.188 e. The average molecular weight is 313 g/mol. The summed E-state index contributed by atoms with van der Waals surface area (Å²) in [4.78, 5) is 16.9. The minimum Gasteiger partial charge on any atom is -0.432 e. The summed E-state index contributed by atoms with van der Waals surface area (Å²) in [5.74, 6) is 0.652. The van der Waals surface area contributed by atoms with Crippen LogP contribution in [0.3, 0.4) is 0 Å². The number of hydrogen-bond donors (Lipinski definition) is 1. The van der Waals surface area contributed by atoms with Crippen molar-refractivity contribution in [1.29, 1.82) is 0 Å². The predicted molar refractivity (Wildman–Crippen MR) is 87.9 cm³/mol. The summed E-state index contributed by atoms with van der Waals surface area (Å²) in [7, 11) is -2.11. The van der Waals surface area contributed by atoms with E-state index in [4.69, 9.17) is 11.6 Å². The van der Waals surface area contributed by atoms with Crippen LogP contribution in [0, 0.1) is 5.92 Å². The number of rotatable bonds is 4. The summed E-state index contributed by atoms with van der Waals surface area (Å²) in [5.41, 5.74) is 1.15.